The molecule has 3 heterocycles. The first-order chi connectivity index (χ1) is 19.2. The number of aromatic nitrogens is 3. The quantitative estimate of drug-likeness (QED) is 0.427. The van der Waals surface area contributed by atoms with E-state index in [4.69, 9.17) is 4.74 Å². The molecule has 1 N–H and O–H groups in total. The molecule has 1 aliphatic heterocycles. The maximum Gasteiger partial charge on any atom is 0.316 e. The Kier molecular flexibility index (Phi) is 8.17. The van der Waals surface area contributed by atoms with E-state index >= 15 is 0 Å². The van der Waals surface area contributed by atoms with Crippen LogP contribution in [0.5, 0.6) is 5.75 Å². The number of rotatable bonds is 7. The summed E-state index contributed by atoms with van der Waals surface area (Å²) in [6.07, 6.45) is 6.44. The molecular formula is C26H29F2N6O5S-. The second-order valence-electron chi connectivity index (χ2n) is 9.89. The molecular weight excluding hydrogens is 546 g/mol. The third-order valence-electron chi connectivity index (χ3n) is 7.19. The second kappa shape index (κ2) is 11.8. The number of pyridine rings is 1. The lowest BCUT2D eigenvalue weighted by Crippen LogP contribution is -2.48. The number of nitrogens with one attached hydrogen (secondary N) is 1. The molecule has 214 valence electrons. The molecule has 1 aromatic carbocycles. The molecule has 0 radical (unpaired) electrons. The van der Waals surface area contributed by atoms with E-state index in [2.05, 4.69) is 10.1 Å². The molecule has 2 fully saturated rings. The Morgan fingerprint density at radius 2 is 1.77 bits per heavy atom. The summed E-state index contributed by atoms with van der Waals surface area (Å²) in [5.41, 5.74) is 1.11. The van der Waals surface area contributed by atoms with Gasteiger partial charge in [0, 0.05) is 43.9 Å². The van der Waals surface area contributed by atoms with Crippen molar-refractivity contribution in [3.05, 3.63) is 85.7 Å². The van der Waals surface area contributed by atoms with Gasteiger partial charge in [-0.3, -0.25) is 9.70 Å². The predicted octanol–water partition coefficient (Wildman–Crippen LogP) is 2.22. The molecule has 1 aliphatic carbocycles. The number of ether oxygens (including phenoxy) is 1. The van der Waals surface area contributed by atoms with Crippen LogP contribution < -0.4 is 25.6 Å². The van der Waals surface area contributed by atoms with Gasteiger partial charge < -0.3 is 20.1 Å². The maximum atomic E-state index is 13.9. The SMILES string of the molecule is Cc1cc(=[N+]([O-])[O-])[nH]cc1CS(=O)N1CCN(c2cnn(-c3cc(F)cc(F)c3)c(=O)c2OC2CCCC2)CC1. The van der Waals surface area contributed by atoms with Gasteiger partial charge in [-0.25, -0.2) is 22.3 Å². The number of hydrogen-bond acceptors (Lipinski definition) is 7. The van der Waals surface area contributed by atoms with Gasteiger partial charge in [0.05, 0.1) is 40.9 Å². The van der Waals surface area contributed by atoms with Crippen LogP contribution in [0.25, 0.3) is 5.69 Å². The summed E-state index contributed by atoms with van der Waals surface area (Å²) < 4.78 is 49.8. The summed E-state index contributed by atoms with van der Waals surface area (Å²) in [6.45, 7) is 3.49. The van der Waals surface area contributed by atoms with Crippen LogP contribution in [0.3, 0.4) is 0 Å². The molecule has 2 aliphatic rings. The summed E-state index contributed by atoms with van der Waals surface area (Å²) in [5, 5.41) is 26.2. The molecule has 3 aromatic rings. The van der Waals surface area contributed by atoms with Crippen LogP contribution in [0.2, 0.25) is 0 Å². The van der Waals surface area contributed by atoms with Crippen LogP contribution in [-0.2, 0) is 16.7 Å². The van der Waals surface area contributed by atoms with Gasteiger partial charge in [0.2, 0.25) is 5.75 Å². The highest BCUT2D eigenvalue weighted by Gasteiger charge is 2.28. The molecule has 11 nitrogen and oxygen atoms in total. The third-order valence-corrected chi connectivity index (χ3v) is 8.69. The summed E-state index contributed by atoms with van der Waals surface area (Å²) in [5.74, 6) is -1.36. The van der Waals surface area contributed by atoms with E-state index in [0.29, 0.717) is 37.4 Å². The molecule has 2 aromatic heterocycles. The van der Waals surface area contributed by atoms with E-state index in [-0.39, 0.29) is 28.8 Å². The molecule has 5 rings (SSSR count). The Morgan fingerprint density at radius 1 is 1.10 bits per heavy atom. The Morgan fingerprint density at radius 3 is 2.40 bits per heavy atom. The van der Waals surface area contributed by atoms with E-state index < -0.39 is 33.1 Å². The topological polar surface area (TPSA) is 133 Å². The number of halogens is 2. The number of anilines is 1. The van der Waals surface area contributed by atoms with Crippen molar-refractivity contribution in [2.45, 2.75) is 44.5 Å². The van der Waals surface area contributed by atoms with Gasteiger partial charge >= 0.3 is 5.56 Å². The van der Waals surface area contributed by atoms with Crippen LogP contribution in [-0.4, -0.2) is 55.6 Å². The van der Waals surface area contributed by atoms with Gasteiger partial charge in [0.15, 0.2) is 0 Å². The monoisotopic (exact) mass is 575 g/mol. The maximum absolute atomic E-state index is 13.9. The zero-order chi connectivity index (χ0) is 28.4. The normalized spacial score (nSPS) is 17.2. The predicted molar refractivity (Wildman–Crippen MR) is 146 cm³/mol. The Hall–Kier alpha value is -3.78. The molecule has 1 saturated heterocycles. The van der Waals surface area contributed by atoms with Crippen LogP contribution in [0, 0.1) is 29.0 Å². The van der Waals surface area contributed by atoms with E-state index in [1.54, 1.807) is 6.92 Å². The highest BCUT2D eigenvalue weighted by molar-refractivity contribution is 7.81. The Labute approximate surface area is 231 Å². The average Bonchev–Trinajstić information content (AvgIpc) is 3.43. The van der Waals surface area contributed by atoms with Crippen molar-refractivity contribution in [1.29, 1.82) is 0 Å². The molecule has 1 atom stereocenters. The number of benzene rings is 1. The fourth-order valence-corrected chi connectivity index (χ4v) is 6.35. The summed E-state index contributed by atoms with van der Waals surface area (Å²) in [4.78, 5) is 17.6. The van der Waals surface area contributed by atoms with Crippen LogP contribution in [0.1, 0.15) is 36.8 Å². The Bertz CT molecular complexity index is 1520. The van der Waals surface area contributed by atoms with Crippen molar-refractivity contribution < 1.29 is 17.7 Å². The minimum Gasteiger partial charge on any atom is -0.712 e. The number of aryl methyl sites for hydroxylation is 1. The number of H-pyrrole nitrogens is 1. The van der Waals surface area contributed by atoms with Gasteiger partial charge in [0.25, 0.3) is 5.49 Å². The number of aromatic amines is 1. The van der Waals surface area contributed by atoms with Gasteiger partial charge in [-0.2, -0.15) is 9.78 Å². The minimum atomic E-state index is -1.37. The number of piperazine rings is 1. The molecule has 1 unspecified atom stereocenters. The molecule has 0 bridgehead atoms. The van der Waals surface area contributed by atoms with E-state index in [1.165, 1.54) is 18.5 Å². The van der Waals surface area contributed by atoms with Crippen molar-refractivity contribution in [2.75, 3.05) is 31.1 Å². The molecule has 40 heavy (non-hydrogen) atoms. The van der Waals surface area contributed by atoms with E-state index in [0.717, 1.165) is 54.1 Å². The third kappa shape index (κ3) is 6.02. The van der Waals surface area contributed by atoms with Crippen molar-refractivity contribution in [1.82, 2.24) is 24.0 Å². The second-order valence-corrected chi connectivity index (χ2v) is 11.3. The summed E-state index contributed by atoms with van der Waals surface area (Å²) in [6, 6.07) is 4.22. The standard InChI is InChI=1S/C26H29F2N6O5S/c1-17-10-24(34(36)37)29-14-18(17)16-40(38)32-8-6-31(7-9-32)23-15-30-33(21-12-19(27)11-20(28)13-21)26(35)25(23)39-22-4-2-3-5-22/h10-15,22H,2-9,16H2,1H3,(H-,29,30,35,36,37)/q-1. The zero-order valence-corrected chi connectivity index (χ0v) is 22.7. The lowest BCUT2D eigenvalue weighted by atomic mass is 10.2. The van der Waals surface area contributed by atoms with Gasteiger partial charge in [-0.05, 0) is 50.3 Å². The summed E-state index contributed by atoms with van der Waals surface area (Å²) >= 11 is 0. The van der Waals surface area contributed by atoms with E-state index in [9.17, 15) is 28.2 Å². The van der Waals surface area contributed by atoms with Crippen LogP contribution in [0.4, 0.5) is 14.5 Å². The van der Waals surface area contributed by atoms with Crippen LogP contribution >= 0.6 is 0 Å². The zero-order valence-electron chi connectivity index (χ0n) is 21.8. The van der Waals surface area contributed by atoms with Gasteiger partial charge in [0.1, 0.15) is 17.3 Å². The summed E-state index contributed by atoms with van der Waals surface area (Å²) in [7, 11) is -1.37. The van der Waals surface area contributed by atoms with Crippen molar-refractivity contribution in [2.24, 2.45) is 0 Å². The Balaban J connectivity index is 1.35. The van der Waals surface area contributed by atoms with Gasteiger partial charge in [-0.1, -0.05) is 0 Å². The first kappa shape index (κ1) is 27.8. The van der Waals surface area contributed by atoms with Crippen molar-refractivity contribution in [3.63, 3.8) is 0 Å². The molecule has 0 spiro atoms. The average molecular weight is 576 g/mol. The largest absolute Gasteiger partial charge is 0.712 e. The van der Waals surface area contributed by atoms with Crippen LogP contribution in [0.15, 0.2) is 41.5 Å². The van der Waals surface area contributed by atoms with Gasteiger partial charge in [-0.15, -0.1) is 0 Å². The van der Waals surface area contributed by atoms with Crippen molar-refractivity contribution in [3.8, 4) is 11.4 Å². The lowest BCUT2D eigenvalue weighted by Gasteiger charge is -2.35. The fraction of sp³-hybridized carbons (Fsp3) is 0.423. The molecule has 1 saturated carbocycles. The smallest absolute Gasteiger partial charge is 0.316 e. The fourth-order valence-electron chi connectivity index (χ4n) is 5.02. The minimum absolute atomic E-state index is 0.0377. The molecule has 14 heteroatoms. The number of hydrogen-bond donors (Lipinski definition) is 1. The van der Waals surface area contributed by atoms with E-state index in [1.807, 2.05) is 9.21 Å². The number of nitrogens with zero attached hydrogens (tertiary/aromatic N) is 5. The van der Waals surface area contributed by atoms with Crippen molar-refractivity contribution >= 4 is 16.7 Å². The highest BCUT2D eigenvalue weighted by Crippen LogP contribution is 2.30. The highest BCUT2D eigenvalue weighted by atomic mass is 32.2. The first-order valence-corrected chi connectivity index (χ1v) is 14.3. The first-order valence-electron chi connectivity index (χ1n) is 13.0. The molecule has 0 amide bonds. The lowest BCUT2D eigenvalue weighted by molar-refractivity contribution is 0.205.